The Labute approximate surface area is 174 Å². The maximum Gasteiger partial charge on any atom is 0.357 e. The number of ether oxygens (including phenoxy) is 2. The van der Waals surface area contributed by atoms with Gasteiger partial charge >= 0.3 is 11.9 Å². The van der Waals surface area contributed by atoms with Crippen molar-refractivity contribution in [3.63, 3.8) is 0 Å². The fourth-order valence-corrected chi connectivity index (χ4v) is 2.71. The minimum absolute atomic E-state index is 0.0396. The number of nitro groups is 1. The number of hydrogen-bond donors (Lipinski definition) is 0. The molecule has 0 amide bonds. The zero-order chi connectivity index (χ0) is 22.3. The number of carbonyl (C=O) groups excluding carboxylic acids is 2. The Balaban J connectivity index is 2.63. The van der Waals surface area contributed by atoms with Gasteiger partial charge in [-0.05, 0) is 31.6 Å². The third-order valence-electron chi connectivity index (χ3n) is 4.03. The Morgan fingerprint density at radius 3 is 2.33 bits per heavy atom. The smallest absolute Gasteiger partial charge is 0.357 e. The van der Waals surface area contributed by atoms with Crippen molar-refractivity contribution in [3.8, 4) is 0 Å². The van der Waals surface area contributed by atoms with Gasteiger partial charge in [0.25, 0.3) is 5.69 Å². The Morgan fingerprint density at radius 2 is 1.73 bits per heavy atom. The molecule has 0 saturated carbocycles. The highest BCUT2D eigenvalue weighted by Gasteiger charge is 2.27. The molecule has 0 aliphatic carbocycles. The van der Waals surface area contributed by atoms with Gasteiger partial charge in [-0.15, -0.1) is 0 Å². The van der Waals surface area contributed by atoms with Gasteiger partial charge in [-0.2, -0.15) is 0 Å². The van der Waals surface area contributed by atoms with Crippen LogP contribution in [0.4, 0.5) is 11.4 Å². The van der Waals surface area contributed by atoms with Crippen molar-refractivity contribution in [1.82, 2.24) is 4.98 Å². The number of esters is 2. The van der Waals surface area contributed by atoms with Gasteiger partial charge in [0.15, 0.2) is 5.69 Å². The van der Waals surface area contributed by atoms with Crippen LogP contribution in [0.3, 0.4) is 0 Å². The average Bonchev–Trinajstić information content (AvgIpc) is 2.71. The number of hydrogen-bond acceptors (Lipinski definition) is 8. The summed E-state index contributed by atoms with van der Waals surface area (Å²) < 4.78 is 9.87. The minimum atomic E-state index is -0.885. The van der Waals surface area contributed by atoms with E-state index in [4.69, 9.17) is 9.47 Å². The summed E-state index contributed by atoms with van der Waals surface area (Å²) in [5, 5.41) is 11.6. The van der Waals surface area contributed by atoms with Crippen LogP contribution >= 0.6 is 0 Å². The minimum Gasteiger partial charge on any atom is -0.462 e. The SMILES string of the molecule is CCOC(=O)c1cc([N+](=O)[O-])c(C=Cc2ccccc2N(C)C)nc1C(=O)OCC. The van der Waals surface area contributed by atoms with Crippen LogP contribution < -0.4 is 4.90 Å². The summed E-state index contributed by atoms with van der Waals surface area (Å²) in [4.78, 5) is 41.5. The molecule has 1 aromatic carbocycles. The second-order valence-corrected chi connectivity index (χ2v) is 6.27. The lowest BCUT2D eigenvalue weighted by Gasteiger charge is -2.15. The topological polar surface area (TPSA) is 112 Å². The van der Waals surface area contributed by atoms with Crippen LogP contribution in [0, 0.1) is 10.1 Å². The third kappa shape index (κ3) is 5.19. The number of rotatable bonds is 8. The van der Waals surface area contributed by atoms with E-state index in [1.165, 1.54) is 6.08 Å². The molecule has 0 spiro atoms. The molecule has 0 N–H and O–H groups in total. The molecule has 2 rings (SSSR count). The van der Waals surface area contributed by atoms with E-state index in [1.807, 2.05) is 43.3 Å². The molecule has 0 aliphatic rings. The summed E-state index contributed by atoms with van der Waals surface area (Å²) in [5.74, 6) is -1.75. The van der Waals surface area contributed by atoms with E-state index in [-0.39, 0.29) is 30.2 Å². The monoisotopic (exact) mass is 413 g/mol. The molecular weight excluding hydrogens is 390 g/mol. The summed E-state index contributed by atoms with van der Waals surface area (Å²) in [7, 11) is 3.75. The molecule has 0 unspecified atom stereocenters. The van der Waals surface area contributed by atoms with Crippen molar-refractivity contribution >= 4 is 35.5 Å². The van der Waals surface area contributed by atoms with E-state index >= 15 is 0 Å². The molecule has 158 valence electrons. The van der Waals surface area contributed by atoms with Crippen molar-refractivity contribution < 1.29 is 24.0 Å². The number of para-hydroxylation sites is 1. The van der Waals surface area contributed by atoms with Gasteiger partial charge in [0.1, 0.15) is 5.69 Å². The molecule has 0 bridgehead atoms. The summed E-state index contributed by atoms with van der Waals surface area (Å²) in [6.07, 6.45) is 3.09. The number of aromatic nitrogens is 1. The van der Waals surface area contributed by atoms with Crippen molar-refractivity contribution in [3.05, 3.63) is 63.0 Å². The summed E-state index contributed by atoms with van der Waals surface area (Å²) in [6, 6.07) is 8.45. The van der Waals surface area contributed by atoms with E-state index < -0.39 is 22.5 Å². The molecule has 0 atom stereocenters. The molecule has 1 aromatic heterocycles. The maximum atomic E-state index is 12.3. The number of benzene rings is 1. The van der Waals surface area contributed by atoms with E-state index in [1.54, 1.807) is 19.9 Å². The first-order valence-electron chi connectivity index (χ1n) is 9.28. The molecule has 2 aromatic rings. The first-order chi connectivity index (χ1) is 14.3. The highest BCUT2D eigenvalue weighted by Crippen LogP contribution is 2.26. The van der Waals surface area contributed by atoms with Gasteiger partial charge in [0.2, 0.25) is 0 Å². The maximum absolute atomic E-state index is 12.3. The van der Waals surface area contributed by atoms with Gasteiger partial charge < -0.3 is 14.4 Å². The van der Waals surface area contributed by atoms with Crippen molar-refractivity contribution in [2.24, 2.45) is 0 Å². The van der Waals surface area contributed by atoms with Gasteiger partial charge in [0, 0.05) is 25.8 Å². The van der Waals surface area contributed by atoms with Gasteiger partial charge in [0.05, 0.1) is 23.7 Å². The lowest BCUT2D eigenvalue weighted by Crippen LogP contribution is -2.17. The molecule has 9 heteroatoms. The van der Waals surface area contributed by atoms with Crippen molar-refractivity contribution in [2.45, 2.75) is 13.8 Å². The normalized spacial score (nSPS) is 10.7. The van der Waals surface area contributed by atoms with Crippen LogP contribution in [0.25, 0.3) is 12.2 Å². The molecule has 0 aliphatic heterocycles. The molecule has 0 saturated heterocycles. The largest absolute Gasteiger partial charge is 0.462 e. The molecular formula is C21H23N3O6. The zero-order valence-corrected chi connectivity index (χ0v) is 17.2. The van der Waals surface area contributed by atoms with Crippen LogP contribution in [-0.2, 0) is 9.47 Å². The Hall–Kier alpha value is -3.75. The fourth-order valence-electron chi connectivity index (χ4n) is 2.71. The Morgan fingerprint density at radius 1 is 1.10 bits per heavy atom. The lowest BCUT2D eigenvalue weighted by molar-refractivity contribution is -0.385. The molecule has 0 fully saturated rings. The van der Waals surface area contributed by atoms with Crippen LogP contribution in [0.15, 0.2) is 30.3 Å². The quantitative estimate of drug-likeness (QED) is 0.367. The van der Waals surface area contributed by atoms with Crippen LogP contribution in [0.5, 0.6) is 0 Å². The zero-order valence-electron chi connectivity index (χ0n) is 17.2. The van der Waals surface area contributed by atoms with Crippen LogP contribution in [-0.4, -0.2) is 49.2 Å². The summed E-state index contributed by atoms with van der Waals surface area (Å²) in [6.45, 7) is 3.29. The van der Waals surface area contributed by atoms with E-state index in [0.29, 0.717) is 0 Å². The van der Waals surface area contributed by atoms with Gasteiger partial charge in [-0.3, -0.25) is 10.1 Å². The van der Waals surface area contributed by atoms with Crippen LogP contribution in [0.2, 0.25) is 0 Å². The second-order valence-electron chi connectivity index (χ2n) is 6.27. The highest BCUT2D eigenvalue weighted by atomic mass is 16.6. The second kappa shape index (κ2) is 10.1. The summed E-state index contributed by atoms with van der Waals surface area (Å²) >= 11 is 0. The van der Waals surface area contributed by atoms with Crippen molar-refractivity contribution in [2.75, 3.05) is 32.2 Å². The predicted molar refractivity (Wildman–Crippen MR) is 113 cm³/mol. The molecule has 0 radical (unpaired) electrons. The van der Waals surface area contributed by atoms with E-state index in [0.717, 1.165) is 17.3 Å². The average molecular weight is 413 g/mol. The number of nitrogens with zero attached hydrogens (tertiary/aromatic N) is 3. The first kappa shape index (κ1) is 22.5. The number of pyridine rings is 1. The Bertz CT molecular complexity index is 985. The van der Waals surface area contributed by atoms with Crippen LogP contribution in [0.1, 0.15) is 46.0 Å². The molecule has 30 heavy (non-hydrogen) atoms. The third-order valence-corrected chi connectivity index (χ3v) is 4.03. The Kier molecular flexibility index (Phi) is 7.62. The highest BCUT2D eigenvalue weighted by molar-refractivity contribution is 6.02. The van der Waals surface area contributed by atoms with E-state index in [2.05, 4.69) is 4.98 Å². The molecule has 9 nitrogen and oxygen atoms in total. The van der Waals surface area contributed by atoms with Gasteiger partial charge in [-0.1, -0.05) is 24.3 Å². The fraction of sp³-hybridized carbons (Fsp3) is 0.286. The summed E-state index contributed by atoms with van der Waals surface area (Å²) in [5.41, 5.74) is 0.541. The number of carbonyl (C=O) groups is 2. The standard InChI is InChI=1S/C21H23N3O6/c1-5-29-20(25)15-13-18(24(27)28)16(22-19(15)21(26)30-6-2)12-11-14-9-7-8-10-17(14)23(3)4/h7-13H,5-6H2,1-4H3. The van der Waals surface area contributed by atoms with E-state index in [9.17, 15) is 19.7 Å². The number of anilines is 1. The van der Waals surface area contributed by atoms with Gasteiger partial charge in [-0.25, -0.2) is 14.6 Å². The molecule has 1 heterocycles. The lowest BCUT2D eigenvalue weighted by atomic mass is 10.1. The van der Waals surface area contributed by atoms with Crippen molar-refractivity contribution in [1.29, 1.82) is 0 Å². The predicted octanol–water partition coefficient (Wildman–Crippen LogP) is 3.58. The first-order valence-corrected chi connectivity index (χ1v) is 9.28.